The fraction of sp³-hybridized carbons (Fsp3) is 0.467. The van der Waals surface area contributed by atoms with Gasteiger partial charge in [0.25, 0.3) is 0 Å². The number of rotatable bonds is 6. The van der Waals surface area contributed by atoms with Crippen LogP contribution in [-0.2, 0) is 20.0 Å². The molecule has 0 aliphatic carbocycles. The lowest BCUT2D eigenvalue weighted by Crippen LogP contribution is -2.36. The molecule has 0 saturated heterocycles. The molecule has 2 amide bonds. The van der Waals surface area contributed by atoms with Gasteiger partial charge in [-0.25, -0.2) is 4.79 Å². The molecule has 0 radical (unpaired) electrons. The zero-order valence-electron chi connectivity index (χ0n) is 13.5. The number of hydrogen-bond donors (Lipinski definition) is 2. The summed E-state index contributed by atoms with van der Waals surface area (Å²) in [5.74, 6) is 0. The molecule has 0 aliphatic rings. The first-order valence-electron chi connectivity index (χ1n) is 7.50. The maximum atomic E-state index is 12.3. The Kier molecular flexibility index (Phi) is 5.53. The Labute approximate surface area is 137 Å². The quantitative estimate of drug-likeness (QED) is 0.847. The first-order chi connectivity index (χ1) is 11.2. The van der Waals surface area contributed by atoms with Crippen molar-refractivity contribution in [3.63, 3.8) is 0 Å². The first kappa shape index (κ1) is 17.9. The molecule has 2 aromatic rings. The first-order valence-corrected chi connectivity index (χ1v) is 7.50. The molecule has 0 aliphatic heterocycles. The standard InChI is InChI=1S/C15H20F3N5O/c1-11(5-6-13-4-3-7-22(13)2)20-14(24)21-12-8-19-23(9-12)10-15(16,17)18/h3-4,7-9,11H,5-6,10H2,1-2H3,(H2,20,21,24)/t11-/m0/s1. The van der Waals surface area contributed by atoms with E-state index >= 15 is 0 Å². The molecule has 0 spiro atoms. The van der Waals surface area contributed by atoms with Crippen molar-refractivity contribution in [2.45, 2.75) is 38.5 Å². The summed E-state index contributed by atoms with van der Waals surface area (Å²) in [5, 5.41) is 8.79. The van der Waals surface area contributed by atoms with Gasteiger partial charge in [-0.05, 0) is 31.9 Å². The van der Waals surface area contributed by atoms with Gasteiger partial charge >= 0.3 is 12.2 Å². The van der Waals surface area contributed by atoms with Crippen LogP contribution in [0.3, 0.4) is 0 Å². The van der Waals surface area contributed by atoms with Crippen LogP contribution >= 0.6 is 0 Å². The number of urea groups is 1. The second-order valence-electron chi connectivity index (χ2n) is 5.69. The smallest absolute Gasteiger partial charge is 0.354 e. The lowest BCUT2D eigenvalue weighted by Gasteiger charge is -2.14. The molecule has 0 fully saturated rings. The van der Waals surface area contributed by atoms with Crippen LogP contribution in [0.1, 0.15) is 19.0 Å². The lowest BCUT2D eigenvalue weighted by atomic mass is 10.1. The summed E-state index contributed by atoms with van der Waals surface area (Å²) < 4.78 is 39.5. The third kappa shape index (κ3) is 5.64. The number of nitrogens with zero attached hydrogens (tertiary/aromatic N) is 3. The molecule has 1 atom stereocenters. The predicted molar refractivity (Wildman–Crippen MR) is 83.6 cm³/mol. The highest BCUT2D eigenvalue weighted by atomic mass is 19.4. The normalized spacial score (nSPS) is 12.9. The minimum Gasteiger partial charge on any atom is -0.354 e. The topological polar surface area (TPSA) is 63.9 Å². The van der Waals surface area contributed by atoms with Gasteiger partial charge in [-0.1, -0.05) is 0 Å². The van der Waals surface area contributed by atoms with Crippen LogP contribution in [0.2, 0.25) is 0 Å². The summed E-state index contributed by atoms with van der Waals surface area (Å²) in [6.45, 7) is 0.680. The molecule has 0 unspecified atom stereocenters. The number of nitrogens with one attached hydrogen (secondary N) is 2. The van der Waals surface area contributed by atoms with Gasteiger partial charge in [-0.2, -0.15) is 18.3 Å². The molecule has 2 rings (SSSR count). The highest BCUT2D eigenvalue weighted by Gasteiger charge is 2.28. The molecular weight excluding hydrogens is 323 g/mol. The number of anilines is 1. The van der Waals surface area contributed by atoms with E-state index in [9.17, 15) is 18.0 Å². The molecule has 9 heteroatoms. The Bertz CT molecular complexity index is 677. The van der Waals surface area contributed by atoms with Gasteiger partial charge in [0.1, 0.15) is 6.54 Å². The zero-order chi connectivity index (χ0) is 17.7. The second-order valence-corrected chi connectivity index (χ2v) is 5.69. The van der Waals surface area contributed by atoms with Crippen molar-refractivity contribution in [1.29, 1.82) is 0 Å². The number of hydrogen-bond acceptors (Lipinski definition) is 2. The van der Waals surface area contributed by atoms with Crippen LogP contribution in [0.5, 0.6) is 0 Å². The lowest BCUT2D eigenvalue weighted by molar-refractivity contribution is -0.142. The van der Waals surface area contributed by atoms with E-state index in [4.69, 9.17) is 0 Å². The van der Waals surface area contributed by atoms with E-state index in [0.29, 0.717) is 0 Å². The van der Waals surface area contributed by atoms with E-state index in [-0.39, 0.29) is 11.7 Å². The van der Waals surface area contributed by atoms with Crippen LogP contribution in [0.25, 0.3) is 0 Å². The number of halogens is 3. The van der Waals surface area contributed by atoms with E-state index in [2.05, 4.69) is 15.7 Å². The zero-order valence-corrected chi connectivity index (χ0v) is 13.5. The summed E-state index contributed by atoms with van der Waals surface area (Å²) >= 11 is 0. The highest BCUT2D eigenvalue weighted by Crippen LogP contribution is 2.18. The van der Waals surface area contributed by atoms with E-state index in [1.165, 1.54) is 6.20 Å². The maximum Gasteiger partial charge on any atom is 0.408 e. The van der Waals surface area contributed by atoms with Crippen molar-refractivity contribution in [3.05, 3.63) is 36.4 Å². The molecule has 6 nitrogen and oxygen atoms in total. The van der Waals surface area contributed by atoms with E-state index in [0.717, 1.165) is 29.4 Å². The van der Waals surface area contributed by atoms with E-state index in [1.54, 1.807) is 0 Å². The van der Waals surface area contributed by atoms with Crippen molar-refractivity contribution < 1.29 is 18.0 Å². The number of aryl methyl sites for hydroxylation is 2. The van der Waals surface area contributed by atoms with E-state index in [1.807, 2.05) is 36.9 Å². The molecule has 0 bridgehead atoms. The molecule has 0 aromatic carbocycles. The third-order valence-electron chi connectivity index (χ3n) is 3.49. The Balaban J connectivity index is 1.77. The SMILES string of the molecule is C[C@@H](CCc1cccn1C)NC(=O)Nc1cnn(CC(F)(F)F)c1. The van der Waals surface area contributed by atoms with Crippen molar-refractivity contribution >= 4 is 11.7 Å². The Morgan fingerprint density at radius 1 is 1.42 bits per heavy atom. The van der Waals surface area contributed by atoms with Gasteiger partial charge in [0.05, 0.1) is 11.9 Å². The van der Waals surface area contributed by atoms with Crippen molar-refractivity contribution in [1.82, 2.24) is 19.7 Å². The fourth-order valence-electron chi connectivity index (χ4n) is 2.28. The van der Waals surface area contributed by atoms with Gasteiger partial charge in [-0.15, -0.1) is 0 Å². The third-order valence-corrected chi connectivity index (χ3v) is 3.49. The minimum atomic E-state index is -4.35. The van der Waals surface area contributed by atoms with Crippen LogP contribution in [0.15, 0.2) is 30.7 Å². The molecule has 132 valence electrons. The van der Waals surface area contributed by atoms with Gasteiger partial charge in [0, 0.05) is 31.2 Å². The molecule has 2 aromatic heterocycles. The van der Waals surface area contributed by atoms with Gasteiger partial charge in [0.15, 0.2) is 0 Å². The maximum absolute atomic E-state index is 12.3. The molecule has 0 saturated carbocycles. The molecule has 24 heavy (non-hydrogen) atoms. The summed E-state index contributed by atoms with van der Waals surface area (Å²) in [4.78, 5) is 11.9. The number of carbonyl (C=O) groups is 1. The number of alkyl halides is 3. The van der Waals surface area contributed by atoms with Crippen LogP contribution < -0.4 is 10.6 Å². The second kappa shape index (κ2) is 7.41. The van der Waals surface area contributed by atoms with Crippen LogP contribution in [-0.4, -0.2) is 32.6 Å². The van der Waals surface area contributed by atoms with Crippen molar-refractivity contribution in [2.75, 3.05) is 5.32 Å². The average molecular weight is 343 g/mol. The van der Waals surface area contributed by atoms with Crippen LogP contribution in [0.4, 0.5) is 23.7 Å². The fourth-order valence-corrected chi connectivity index (χ4v) is 2.28. The Morgan fingerprint density at radius 2 is 2.17 bits per heavy atom. The van der Waals surface area contributed by atoms with Crippen LogP contribution in [0, 0.1) is 0 Å². The predicted octanol–water partition coefficient (Wildman–Crippen LogP) is 2.93. The van der Waals surface area contributed by atoms with E-state index < -0.39 is 18.8 Å². The summed E-state index contributed by atoms with van der Waals surface area (Å²) in [6, 6.07) is 3.42. The van der Waals surface area contributed by atoms with Gasteiger partial charge in [-0.3, -0.25) is 4.68 Å². The molecule has 2 N–H and O–H groups in total. The largest absolute Gasteiger partial charge is 0.408 e. The van der Waals surface area contributed by atoms with Crippen molar-refractivity contribution in [2.24, 2.45) is 7.05 Å². The van der Waals surface area contributed by atoms with Gasteiger partial charge < -0.3 is 15.2 Å². The summed E-state index contributed by atoms with van der Waals surface area (Å²) in [5.41, 5.74) is 1.38. The highest BCUT2D eigenvalue weighted by molar-refractivity contribution is 5.89. The Hall–Kier alpha value is -2.45. The monoisotopic (exact) mass is 343 g/mol. The molecule has 2 heterocycles. The number of aromatic nitrogens is 3. The summed E-state index contributed by atoms with van der Waals surface area (Å²) in [7, 11) is 1.96. The van der Waals surface area contributed by atoms with Gasteiger partial charge in [0.2, 0.25) is 0 Å². The number of amides is 2. The minimum absolute atomic E-state index is 0.0786. The molecular formula is C15H20F3N5O. The Morgan fingerprint density at radius 3 is 2.79 bits per heavy atom. The average Bonchev–Trinajstić information content (AvgIpc) is 3.04. The van der Waals surface area contributed by atoms with Crippen molar-refractivity contribution in [3.8, 4) is 0 Å². The summed E-state index contributed by atoms with van der Waals surface area (Å²) in [6.07, 6.45) is 1.49. The number of carbonyl (C=O) groups excluding carboxylic acids is 1.